The summed E-state index contributed by atoms with van der Waals surface area (Å²) in [5.41, 5.74) is 1.81. The third-order valence-corrected chi connectivity index (χ3v) is 4.02. The average molecular weight is 406 g/mol. The van der Waals surface area contributed by atoms with E-state index in [1.807, 2.05) is 30.3 Å². The molecule has 0 saturated carbocycles. The number of fused-ring (bicyclic) bond motifs is 1. The minimum Gasteiger partial charge on any atom is -0.475 e. The Hall–Kier alpha value is -4.32. The van der Waals surface area contributed by atoms with Gasteiger partial charge in [-0.25, -0.2) is 19.4 Å². The number of benzene rings is 2. The highest BCUT2D eigenvalue weighted by Crippen LogP contribution is 2.22. The lowest BCUT2D eigenvalue weighted by molar-refractivity contribution is -0.0498. The quantitative estimate of drug-likeness (QED) is 0.522. The third kappa shape index (κ3) is 3.93. The van der Waals surface area contributed by atoms with Crippen molar-refractivity contribution in [2.45, 2.75) is 6.61 Å². The van der Waals surface area contributed by atoms with Gasteiger partial charge in [-0.3, -0.25) is 0 Å². The summed E-state index contributed by atoms with van der Waals surface area (Å²) in [7, 11) is 0. The minimum atomic E-state index is -2.94. The summed E-state index contributed by atoms with van der Waals surface area (Å²) in [6.07, 6.45) is 1.35. The second-order valence-electron chi connectivity index (χ2n) is 5.98. The van der Waals surface area contributed by atoms with E-state index >= 15 is 0 Å². The number of rotatable bonds is 4. The predicted octanol–water partition coefficient (Wildman–Crippen LogP) is 3.51. The number of alkyl halides is 2. The highest BCUT2D eigenvalue weighted by Gasteiger charge is 2.16. The van der Waals surface area contributed by atoms with Crippen LogP contribution in [-0.4, -0.2) is 37.4 Å². The van der Waals surface area contributed by atoms with Crippen molar-refractivity contribution in [3.8, 4) is 23.3 Å². The van der Waals surface area contributed by atoms with Crippen LogP contribution in [0.5, 0.6) is 5.75 Å². The van der Waals surface area contributed by atoms with Gasteiger partial charge in [-0.1, -0.05) is 24.1 Å². The van der Waals surface area contributed by atoms with Crippen LogP contribution in [0.1, 0.15) is 21.9 Å². The van der Waals surface area contributed by atoms with Gasteiger partial charge in [0.15, 0.2) is 5.65 Å². The maximum atomic E-state index is 12.4. The van der Waals surface area contributed by atoms with Gasteiger partial charge in [-0.2, -0.15) is 13.9 Å². The molecule has 9 heteroatoms. The molecule has 2 aromatic heterocycles. The van der Waals surface area contributed by atoms with Gasteiger partial charge in [0.2, 0.25) is 5.82 Å². The molecular weight excluding hydrogens is 394 g/mol. The summed E-state index contributed by atoms with van der Waals surface area (Å²) in [6, 6.07) is 15.0. The molecule has 4 aromatic rings. The first-order chi connectivity index (χ1) is 14.5. The van der Waals surface area contributed by atoms with Crippen LogP contribution in [0.15, 0.2) is 60.8 Å². The molecule has 0 atom stereocenters. The summed E-state index contributed by atoms with van der Waals surface area (Å²) in [5, 5.41) is 14.1. The number of hydrogen-bond donors (Lipinski definition) is 1. The molecule has 2 heterocycles. The molecule has 4 rings (SSSR count). The maximum absolute atomic E-state index is 12.4. The lowest BCUT2D eigenvalue weighted by Gasteiger charge is -2.06. The first-order valence-electron chi connectivity index (χ1n) is 8.62. The molecule has 0 saturated heterocycles. The average Bonchev–Trinajstić information content (AvgIpc) is 3.11. The normalized spacial score (nSPS) is 10.6. The standard InChI is InChI=1S/C21H12F2N4O3/c22-21(23)30-15-9-7-14(8-10-15)27-19-16(12-24-18(25-19)20(28)29)17(26-27)11-6-13-4-2-1-3-5-13/h1-5,7-10,12,21H,(H,28,29). The molecule has 0 aliphatic heterocycles. The number of carboxylic acid groups (broad SMARTS) is 1. The molecule has 7 nitrogen and oxygen atoms in total. The van der Waals surface area contributed by atoms with Crippen LogP contribution < -0.4 is 4.74 Å². The Morgan fingerprint density at radius 3 is 2.47 bits per heavy atom. The first-order valence-corrected chi connectivity index (χ1v) is 8.62. The zero-order valence-corrected chi connectivity index (χ0v) is 15.2. The van der Waals surface area contributed by atoms with E-state index in [-0.39, 0.29) is 11.4 Å². The lowest BCUT2D eigenvalue weighted by Crippen LogP contribution is -2.06. The van der Waals surface area contributed by atoms with Gasteiger partial charge in [0.1, 0.15) is 11.4 Å². The number of ether oxygens (including phenoxy) is 1. The highest BCUT2D eigenvalue weighted by molar-refractivity contribution is 5.88. The van der Waals surface area contributed by atoms with E-state index in [1.165, 1.54) is 35.1 Å². The molecule has 30 heavy (non-hydrogen) atoms. The molecule has 0 aliphatic rings. The first kappa shape index (κ1) is 19.0. The van der Waals surface area contributed by atoms with Crippen molar-refractivity contribution < 1.29 is 23.4 Å². The second kappa shape index (κ2) is 7.97. The van der Waals surface area contributed by atoms with Gasteiger partial charge in [0.25, 0.3) is 0 Å². The SMILES string of the molecule is O=C(O)c1ncc2c(C#Cc3ccccc3)nn(-c3ccc(OC(F)F)cc3)c2n1. The molecule has 0 spiro atoms. The molecule has 2 aromatic carbocycles. The maximum Gasteiger partial charge on any atom is 0.387 e. The minimum absolute atomic E-state index is 0.0184. The summed E-state index contributed by atoms with van der Waals surface area (Å²) in [4.78, 5) is 19.2. The molecule has 0 aliphatic carbocycles. The van der Waals surface area contributed by atoms with Crippen LogP contribution in [0.3, 0.4) is 0 Å². The van der Waals surface area contributed by atoms with Gasteiger partial charge >= 0.3 is 12.6 Å². The number of aromatic carboxylic acids is 1. The Morgan fingerprint density at radius 2 is 1.80 bits per heavy atom. The van der Waals surface area contributed by atoms with Gasteiger partial charge < -0.3 is 9.84 Å². The van der Waals surface area contributed by atoms with Crippen molar-refractivity contribution in [1.82, 2.24) is 19.7 Å². The van der Waals surface area contributed by atoms with Gasteiger partial charge in [0.05, 0.1) is 11.1 Å². The number of halogens is 2. The topological polar surface area (TPSA) is 90.1 Å². The van der Waals surface area contributed by atoms with Crippen molar-refractivity contribution in [2.75, 3.05) is 0 Å². The Balaban J connectivity index is 1.83. The van der Waals surface area contributed by atoms with Crippen molar-refractivity contribution in [3.63, 3.8) is 0 Å². The van der Waals surface area contributed by atoms with Crippen molar-refractivity contribution in [2.24, 2.45) is 0 Å². The molecule has 0 radical (unpaired) electrons. The largest absolute Gasteiger partial charge is 0.475 e. The zero-order chi connectivity index (χ0) is 21.1. The van der Waals surface area contributed by atoms with E-state index in [0.717, 1.165) is 5.56 Å². The third-order valence-electron chi connectivity index (χ3n) is 4.02. The van der Waals surface area contributed by atoms with E-state index in [2.05, 4.69) is 31.6 Å². The molecule has 0 amide bonds. The summed E-state index contributed by atoms with van der Waals surface area (Å²) in [6.45, 7) is -2.94. The number of nitrogens with zero attached hydrogens (tertiary/aromatic N) is 4. The van der Waals surface area contributed by atoms with Gasteiger partial charge in [-0.15, -0.1) is 0 Å². The van der Waals surface area contributed by atoms with E-state index in [4.69, 9.17) is 0 Å². The Kier molecular flexibility index (Phi) is 5.05. The smallest absolute Gasteiger partial charge is 0.387 e. The Bertz CT molecular complexity index is 1280. The summed E-state index contributed by atoms with van der Waals surface area (Å²) in [5.74, 6) is 4.22. The monoisotopic (exact) mass is 406 g/mol. The predicted molar refractivity (Wildman–Crippen MR) is 103 cm³/mol. The highest BCUT2D eigenvalue weighted by atomic mass is 19.3. The number of aromatic nitrogens is 4. The molecule has 0 unspecified atom stereocenters. The fraction of sp³-hybridized carbons (Fsp3) is 0.0476. The van der Waals surface area contributed by atoms with Crippen molar-refractivity contribution >= 4 is 17.0 Å². The van der Waals surface area contributed by atoms with Crippen LogP contribution in [0.4, 0.5) is 8.78 Å². The van der Waals surface area contributed by atoms with Crippen molar-refractivity contribution in [1.29, 1.82) is 0 Å². The fourth-order valence-corrected chi connectivity index (χ4v) is 2.70. The van der Waals surface area contributed by atoms with Crippen LogP contribution in [0.25, 0.3) is 16.7 Å². The van der Waals surface area contributed by atoms with Gasteiger partial charge in [0, 0.05) is 11.8 Å². The molecule has 1 N–H and O–H groups in total. The van der Waals surface area contributed by atoms with E-state index < -0.39 is 18.4 Å². The number of hydrogen-bond acceptors (Lipinski definition) is 5. The molecular formula is C21H12F2N4O3. The Labute approximate surface area is 168 Å². The summed E-state index contributed by atoms with van der Waals surface area (Å²) < 4.78 is 30.5. The zero-order valence-electron chi connectivity index (χ0n) is 15.2. The summed E-state index contributed by atoms with van der Waals surface area (Å²) >= 11 is 0. The van der Waals surface area contributed by atoms with Crippen LogP contribution in [0, 0.1) is 11.8 Å². The van der Waals surface area contributed by atoms with E-state index in [1.54, 1.807) is 0 Å². The van der Waals surface area contributed by atoms with E-state index in [0.29, 0.717) is 16.8 Å². The lowest BCUT2D eigenvalue weighted by atomic mass is 10.2. The van der Waals surface area contributed by atoms with Gasteiger partial charge in [-0.05, 0) is 42.3 Å². The fourth-order valence-electron chi connectivity index (χ4n) is 2.70. The number of carboxylic acids is 1. The molecule has 148 valence electrons. The van der Waals surface area contributed by atoms with E-state index in [9.17, 15) is 18.7 Å². The number of carbonyl (C=O) groups is 1. The van der Waals surface area contributed by atoms with Crippen molar-refractivity contribution in [3.05, 3.63) is 77.9 Å². The molecule has 0 fully saturated rings. The second-order valence-corrected chi connectivity index (χ2v) is 5.98. The van der Waals surface area contributed by atoms with Crippen LogP contribution in [-0.2, 0) is 0 Å². The molecule has 0 bridgehead atoms. The Morgan fingerprint density at radius 1 is 1.07 bits per heavy atom. The van der Waals surface area contributed by atoms with Crippen LogP contribution >= 0.6 is 0 Å². The van der Waals surface area contributed by atoms with Crippen LogP contribution in [0.2, 0.25) is 0 Å².